The van der Waals surface area contributed by atoms with Crippen molar-refractivity contribution < 1.29 is 9.32 Å². The number of nitrogens with zero attached hydrogens (tertiary/aromatic N) is 3. The molecule has 0 atom stereocenters. The third-order valence-corrected chi connectivity index (χ3v) is 5.10. The van der Waals surface area contributed by atoms with Gasteiger partial charge in [-0.1, -0.05) is 19.0 Å². The Kier molecular flexibility index (Phi) is 5.10. The molecule has 0 radical (unpaired) electrons. The van der Waals surface area contributed by atoms with E-state index in [2.05, 4.69) is 24.0 Å². The Labute approximate surface area is 140 Å². The number of likely N-dealkylation sites (tertiary alicyclic amines) is 1. The van der Waals surface area contributed by atoms with Crippen LogP contribution in [0.15, 0.2) is 21.3 Å². The lowest BCUT2D eigenvalue weighted by Crippen LogP contribution is -2.39. The highest BCUT2D eigenvalue weighted by Gasteiger charge is 2.24. The molecule has 0 aliphatic carbocycles. The summed E-state index contributed by atoms with van der Waals surface area (Å²) >= 11 is 1.64. The first kappa shape index (κ1) is 16.2. The maximum Gasteiger partial charge on any atom is 0.227 e. The van der Waals surface area contributed by atoms with Gasteiger partial charge in [0.15, 0.2) is 5.82 Å². The van der Waals surface area contributed by atoms with Gasteiger partial charge in [-0.15, -0.1) is 0 Å². The van der Waals surface area contributed by atoms with Crippen LogP contribution in [-0.2, 0) is 17.6 Å². The fourth-order valence-corrected chi connectivity index (χ4v) is 3.57. The lowest BCUT2D eigenvalue weighted by atomic mass is 9.93. The molecule has 6 heteroatoms. The molecule has 0 bridgehead atoms. The predicted molar refractivity (Wildman–Crippen MR) is 89.4 cm³/mol. The van der Waals surface area contributed by atoms with E-state index in [0.29, 0.717) is 18.3 Å². The molecule has 1 amide bonds. The van der Waals surface area contributed by atoms with Crippen molar-refractivity contribution in [2.45, 2.75) is 45.4 Å². The molecule has 0 spiro atoms. The molecule has 2 aromatic heterocycles. The van der Waals surface area contributed by atoms with Crippen LogP contribution in [0.4, 0.5) is 0 Å². The second-order valence-corrected chi connectivity index (χ2v) is 7.32. The maximum atomic E-state index is 12.3. The van der Waals surface area contributed by atoms with Gasteiger partial charge in [0.2, 0.25) is 11.8 Å². The van der Waals surface area contributed by atoms with Gasteiger partial charge < -0.3 is 9.42 Å². The second-order valence-electron chi connectivity index (χ2n) is 6.54. The molecule has 0 aromatic carbocycles. The summed E-state index contributed by atoms with van der Waals surface area (Å²) in [5.41, 5.74) is 1.12. The Morgan fingerprint density at radius 1 is 1.43 bits per heavy atom. The molecule has 23 heavy (non-hydrogen) atoms. The minimum Gasteiger partial charge on any atom is -0.342 e. The molecule has 124 valence electrons. The number of carbonyl (C=O) groups is 1. The number of carbonyl (C=O) groups excluding carboxylic acids is 1. The van der Waals surface area contributed by atoms with E-state index in [9.17, 15) is 4.79 Å². The largest absolute Gasteiger partial charge is 0.342 e. The van der Waals surface area contributed by atoms with E-state index in [0.717, 1.165) is 49.6 Å². The molecule has 0 unspecified atom stereocenters. The molecule has 1 aliphatic rings. The molecule has 1 saturated heterocycles. The smallest absolute Gasteiger partial charge is 0.227 e. The highest BCUT2D eigenvalue weighted by Crippen LogP contribution is 2.22. The average molecular weight is 333 g/mol. The summed E-state index contributed by atoms with van der Waals surface area (Å²) < 4.78 is 5.33. The van der Waals surface area contributed by atoms with Crippen LogP contribution in [0.2, 0.25) is 0 Å². The molecule has 1 aliphatic heterocycles. The number of hydrogen-bond donors (Lipinski definition) is 0. The molecule has 0 N–H and O–H groups in total. The van der Waals surface area contributed by atoms with Crippen molar-refractivity contribution in [3.05, 3.63) is 34.1 Å². The van der Waals surface area contributed by atoms with E-state index in [1.54, 1.807) is 11.3 Å². The van der Waals surface area contributed by atoms with Crippen LogP contribution in [0.5, 0.6) is 0 Å². The van der Waals surface area contributed by atoms with Crippen LogP contribution in [0.25, 0.3) is 0 Å². The molecule has 3 rings (SSSR count). The normalized spacial score (nSPS) is 16.2. The number of hydrogen-bond acceptors (Lipinski definition) is 5. The summed E-state index contributed by atoms with van der Waals surface area (Å²) in [6.45, 7) is 5.79. The van der Waals surface area contributed by atoms with E-state index in [1.807, 2.05) is 21.7 Å². The van der Waals surface area contributed by atoms with Crippen LogP contribution in [-0.4, -0.2) is 34.0 Å². The minimum absolute atomic E-state index is 0.238. The Bertz CT molecular complexity index is 628. The van der Waals surface area contributed by atoms with E-state index in [-0.39, 0.29) is 5.91 Å². The van der Waals surface area contributed by atoms with Gasteiger partial charge in [0, 0.05) is 25.4 Å². The zero-order chi connectivity index (χ0) is 16.2. The number of rotatable bonds is 5. The van der Waals surface area contributed by atoms with Crippen LogP contribution in [0.3, 0.4) is 0 Å². The minimum atomic E-state index is 0.238. The standard InChI is InChI=1S/C17H23N3O2S/c1-12(2)17-18-15(22-19-17)9-13-3-6-20(7-4-13)16(21)10-14-5-8-23-11-14/h5,8,11-13H,3-4,6-7,9-10H2,1-2H3. The number of aromatic nitrogens is 2. The molecule has 3 heterocycles. The summed E-state index contributed by atoms with van der Waals surface area (Å²) in [6.07, 6.45) is 3.37. The molecule has 2 aromatic rings. The molecular weight excluding hydrogens is 310 g/mol. The predicted octanol–water partition coefficient (Wildman–Crippen LogP) is 3.28. The highest BCUT2D eigenvalue weighted by atomic mass is 32.1. The van der Waals surface area contributed by atoms with E-state index in [1.165, 1.54) is 0 Å². The maximum absolute atomic E-state index is 12.3. The molecule has 0 saturated carbocycles. The Morgan fingerprint density at radius 3 is 2.83 bits per heavy atom. The zero-order valence-corrected chi connectivity index (χ0v) is 14.5. The van der Waals surface area contributed by atoms with Crippen molar-refractivity contribution in [3.8, 4) is 0 Å². The zero-order valence-electron chi connectivity index (χ0n) is 13.7. The first-order valence-corrected chi connectivity index (χ1v) is 9.17. The van der Waals surface area contributed by atoms with Crippen LogP contribution < -0.4 is 0 Å². The monoisotopic (exact) mass is 333 g/mol. The Balaban J connectivity index is 1.47. The summed E-state index contributed by atoms with van der Waals surface area (Å²) in [4.78, 5) is 18.7. The summed E-state index contributed by atoms with van der Waals surface area (Å²) in [5, 5.41) is 8.08. The molecular formula is C17H23N3O2S. The second kappa shape index (κ2) is 7.25. The average Bonchev–Trinajstić information content (AvgIpc) is 3.19. The van der Waals surface area contributed by atoms with Crippen LogP contribution in [0, 0.1) is 5.92 Å². The van der Waals surface area contributed by atoms with E-state index < -0.39 is 0 Å². The summed E-state index contributed by atoms with van der Waals surface area (Å²) in [5.74, 6) is 2.58. The third-order valence-electron chi connectivity index (χ3n) is 4.37. The number of thiophene rings is 1. The Hall–Kier alpha value is -1.69. The quantitative estimate of drug-likeness (QED) is 0.842. The fourth-order valence-electron chi connectivity index (χ4n) is 2.90. The summed E-state index contributed by atoms with van der Waals surface area (Å²) in [7, 11) is 0. The molecule has 1 fully saturated rings. The number of amides is 1. The van der Waals surface area contributed by atoms with Gasteiger partial charge >= 0.3 is 0 Å². The first-order valence-electron chi connectivity index (χ1n) is 8.23. The summed E-state index contributed by atoms with van der Waals surface area (Å²) in [6, 6.07) is 2.03. The number of piperidine rings is 1. The first-order chi connectivity index (χ1) is 11.1. The third kappa shape index (κ3) is 4.19. The van der Waals surface area contributed by atoms with Gasteiger partial charge in [-0.05, 0) is 41.1 Å². The van der Waals surface area contributed by atoms with Crippen molar-refractivity contribution >= 4 is 17.2 Å². The topological polar surface area (TPSA) is 59.2 Å². The van der Waals surface area contributed by atoms with Gasteiger partial charge in [-0.2, -0.15) is 16.3 Å². The van der Waals surface area contributed by atoms with Gasteiger partial charge in [0.05, 0.1) is 6.42 Å². The van der Waals surface area contributed by atoms with Crippen molar-refractivity contribution in [1.29, 1.82) is 0 Å². The van der Waals surface area contributed by atoms with Crippen LogP contribution >= 0.6 is 11.3 Å². The highest BCUT2D eigenvalue weighted by molar-refractivity contribution is 7.07. The van der Waals surface area contributed by atoms with Crippen molar-refractivity contribution in [2.75, 3.05) is 13.1 Å². The van der Waals surface area contributed by atoms with Crippen LogP contribution in [0.1, 0.15) is 49.9 Å². The fraction of sp³-hybridized carbons (Fsp3) is 0.588. The van der Waals surface area contributed by atoms with Crippen molar-refractivity contribution in [3.63, 3.8) is 0 Å². The SMILES string of the molecule is CC(C)c1noc(CC2CCN(C(=O)Cc3ccsc3)CC2)n1. The van der Waals surface area contributed by atoms with Gasteiger partial charge in [0.25, 0.3) is 0 Å². The Morgan fingerprint density at radius 2 is 2.22 bits per heavy atom. The lowest BCUT2D eigenvalue weighted by Gasteiger charge is -2.31. The van der Waals surface area contributed by atoms with Gasteiger partial charge in [0.1, 0.15) is 0 Å². The van der Waals surface area contributed by atoms with E-state index >= 15 is 0 Å². The van der Waals surface area contributed by atoms with E-state index in [4.69, 9.17) is 4.52 Å². The van der Waals surface area contributed by atoms with Gasteiger partial charge in [-0.3, -0.25) is 4.79 Å². The van der Waals surface area contributed by atoms with Crippen molar-refractivity contribution in [2.24, 2.45) is 5.92 Å². The van der Waals surface area contributed by atoms with Crippen molar-refractivity contribution in [1.82, 2.24) is 15.0 Å². The molecule has 5 nitrogen and oxygen atoms in total. The lowest BCUT2D eigenvalue weighted by molar-refractivity contribution is -0.131. The van der Waals surface area contributed by atoms with Gasteiger partial charge in [-0.25, -0.2) is 0 Å².